The molecule has 36 heavy (non-hydrogen) atoms. The van der Waals surface area contributed by atoms with Crippen molar-refractivity contribution < 1.29 is 23.2 Å². The lowest BCUT2D eigenvalue weighted by Crippen LogP contribution is -2.48. The summed E-state index contributed by atoms with van der Waals surface area (Å²) in [5.74, 6) is -0.198. The number of halogens is 1. The molecule has 2 aliphatic rings. The van der Waals surface area contributed by atoms with Gasteiger partial charge in [-0.2, -0.15) is 0 Å². The standard InChI is InChI=1S/C26H34FN5O4/c1-26(2,3)30-23(33)22-10-8-19(36-22)16-31-11-13-32(14-12-31)24(34)17-7-9-21(20(27)15-17)29-25(35)28-18-5-4-6-18/h7-10,15,18H,4-6,11-14,16H2,1-3H3,(H,30,33)(H2,28,29,35). The fourth-order valence-corrected chi connectivity index (χ4v) is 4.15. The van der Waals surface area contributed by atoms with Gasteiger partial charge in [-0.15, -0.1) is 0 Å². The van der Waals surface area contributed by atoms with Gasteiger partial charge in [0.05, 0.1) is 12.2 Å². The predicted octanol–water partition coefficient (Wildman–Crippen LogP) is 3.58. The summed E-state index contributed by atoms with van der Waals surface area (Å²) in [4.78, 5) is 41.0. The molecule has 10 heteroatoms. The Bertz CT molecular complexity index is 1110. The number of amides is 4. The van der Waals surface area contributed by atoms with Crippen molar-refractivity contribution in [2.24, 2.45) is 0 Å². The molecule has 1 aliphatic heterocycles. The molecular formula is C26H34FN5O4. The van der Waals surface area contributed by atoms with Crippen LogP contribution in [0.25, 0.3) is 0 Å². The molecular weight excluding hydrogens is 465 g/mol. The third-order valence-electron chi connectivity index (χ3n) is 6.32. The monoisotopic (exact) mass is 499 g/mol. The van der Waals surface area contributed by atoms with Crippen molar-refractivity contribution in [2.45, 2.75) is 58.2 Å². The fraction of sp³-hybridized carbons (Fsp3) is 0.500. The van der Waals surface area contributed by atoms with Gasteiger partial charge in [0.15, 0.2) is 5.76 Å². The highest BCUT2D eigenvalue weighted by atomic mass is 19.1. The first-order valence-electron chi connectivity index (χ1n) is 12.4. The summed E-state index contributed by atoms with van der Waals surface area (Å²) in [6.45, 7) is 8.48. The molecule has 1 aromatic heterocycles. The van der Waals surface area contributed by atoms with Crippen LogP contribution in [0.5, 0.6) is 0 Å². The van der Waals surface area contributed by atoms with E-state index in [0.717, 1.165) is 19.3 Å². The van der Waals surface area contributed by atoms with Crippen LogP contribution in [-0.4, -0.2) is 65.4 Å². The Labute approximate surface area is 210 Å². The first-order chi connectivity index (χ1) is 17.1. The van der Waals surface area contributed by atoms with E-state index in [-0.39, 0.29) is 40.4 Å². The average molecular weight is 500 g/mol. The number of furan rings is 1. The van der Waals surface area contributed by atoms with E-state index in [1.807, 2.05) is 20.8 Å². The summed E-state index contributed by atoms with van der Waals surface area (Å²) in [7, 11) is 0. The van der Waals surface area contributed by atoms with Crippen molar-refractivity contribution in [2.75, 3.05) is 31.5 Å². The van der Waals surface area contributed by atoms with E-state index in [1.54, 1.807) is 17.0 Å². The normalized spacial score (nSPS) is 16.8. The maximum atomic E-state index is 14.6. The van der Waals surface area contributed by atoms with Gasteiger partial charge in [0.2, 0.25) is 0 Å². The highest BCUT2D eigenvalue weighted by Crippen LogP contribution is 2.21. The molecule has 2 fully saturated rings. The number of nitrogens with zero attached hydrogens (tertiary/aromatic N) is 2. The maximum absolute atomic E-state index is 14.6. The minimum atomic E-state index is -0.646. The van der Waals surface area contributed by atoms with Crippen LogP contribution < -0.4 is 16.0 Å². The van der Waals surface area contributed by atoms with Gasteiger partial charge in [-0.25, -0.2) is 9.18 Å². The molecule has 1 saturated heterocycles. The quantitative estimate of drug-likeness (QED) is 0.563. The minimum absolute atomic E-state index is 0.0437. The van der Waals surface area contributed by atoms with Gasteiger partial charge in [-0.3, -0.25) is 14.5 Å². The third kappa shape index (κ3) is 6.63. The number of rotatable bonds is 6. The topological polar surface area (TPSA) is 107 Å². The molecule has 0 atom stereocenters. The first kappa shape index (κ1) is 25.7. The number of hydrogen-bond acceptors (Lipinski definition) is 5. The lowest BCUT2D eigenvalue weighted by Gasteiger charge is -2.34. The van der Waals surface area contributed by atoms with Crippen molar-refractivity contribution in [3.05, 3.63) is 53.2 Å². The van der Waals surface area contributed by atoms with E-state index in [2.05, 4.69) is 20.9 Å². The molecule has 194 valence electrons. The van der Waals surface area contributed by atoms with Gasteiger partial charge in [0, 0.05) is 43.3 Å². The SMILES string of the molecule is CC(C)(C)NC(=O)c1ccc(CN2CCN(C(=O)c3ccc(NC(=O)NC4CCC4)c(F)c3)CC2)o1. The van der Waals surface area contributed by atoms with E-state index in [0.29, 0.717) is 38.5 Å². The highest BCUT2D eigenvalue weighted by molar-refractivity contribution is 5.96. The molecule has 2 aromatic rings. The molecule has 9 nitrogen and oxygen atoms in total. The van der Waals surface area contributed by atoms with Crippen molar-refractivity contribution in [3.63, 3.8) is 0 Å². The molecule has 0 radical (unpaired) electrons. The lowest BCUT2D eigenvalue weighted by molar-refractivity contribution is 0.0617. The third-order valence-corrected chi connectivity index (χ3v) is 6.32. The van der Waals surface area contributed by atoms with Crippen molar-refractivity contribution >= 4 is 23.5 Å². The molecule has 1 aromatic carbocycles. The summed E-state index contributed by atoms with van der Waals surface area (Å²) in [6, 6.07) is 7.29. The summed E-state index contributed by atoms with van der Waals surface area (Å²) < 4.78 is 20.3. The van der Waals surface area contributed by atoms with Crippen molar-refractivity contribution in [3.8, 4) is 0 Å². The molecule has 0 spiro atoms. The number of piperazine rings is 1. The van der Waals surface area contributed by atoms with Crippen LogP contribution in [0.4, 0.5) is 14.9 Å². The lowest BCUT2D eigenvalue weighted by atomic mass is 9.93. The van der Waals surface area contributed by atoms with Gasteiger partial charge in [0.25, 0.3) is 11.8 Å². The summed E-state index contributed by atoms with van der Waals surface area (Å²) in [6.07, 6.45) is 2.96. The molecule has 1 aliphatic carbocycles. The number of anilines is 1. The minimum Gasteiger partial charge on any atom is -0.455 e. The number of nitrogens with one attached hydrogen (secondary N) is 3. The Kier molecular flexibility index (Phi) is 7.63. The average Bonchev–Trinajstić information content (AvgIpc) is 3.25. The number of urea groups is 1. The van der Waals surface area contributed by atoms with Crippen LogP contribution >= 0.6 is 0 Å². The van der Waals surface area contributed by atoms with E-state index >= 15 is 0 Å². The van der Waals surface area contributed by atoms with Crippen LogP contribution in [0.15, 0.2) is 34.7 Å². The van der Waals surface area contributed by atoms with Gasteiger partial charge >= 0.3 is 6.03 Å². The first-order valence-corrected chi connectivity index (χ1v) is 12.4. The molecule has 4 rings (SSSR count). The van der Waals surface area contributed by atoms with Crippen molar-refractivity contribution in [1.29, 1.82) is 0 Å². The Morgan fingerprint density at radius 3 is 2.39 bits per heavy atom. The molecule has 2 heterocycles. The van der Waals surface area contributed by atoms with Crippen LogP contribution in [0.2, 0.25) is 0 Å². The highest BCUT2D eigenvalue weighted by Gasteiger charge is 2.25. The van der Waals surface area contributed by atoms with Gasteiger partial charge in [-0.1, -0.05) is 0 Å². The second-order valence-electron chi connectivity index (χ2n) is 10.5. The second kappa shape index (κ2) is 10.7. The van der Waals surface area contributed by atoms with E-state index < -0.39 is 11.8 Å². The Hall–Kier alpha value is -3.40. The molecule has 1 saturated carbocycles. The molecule has 0 unspecified atom stereocenters. The predicted molar refractivity (Wildman–Crippen MR) is 133 cm³/mol. The van der Waals surface area contributed by atoms with Crippen molar-refractivity contribution in [1.82, 2.24) is 20.4 Å². The van der Waals surface area contributed by atoms with Crippen LogP contribution in [0.1, 0.15) is 66.7 Å². The number of carbonyl (C=O) groups excluding carboxylic acids is 3. The van der Waals surface area contributed by atoms with Crippen LogP contribution in [0.3, 0.4) is 0 Å². The van der Waals surface area contributed by atoms with E-state index in [9.17, 15) is 18.8 Å². The second-order valence-corrected chi connectivity index (χ2v) is 10.5. The largest absolute Gasteiger partial charge is 0.455 e. The van der Waals surface area contributed by atoms with Gasteiger partial charge < -0.3 is 25.3 Å². The number of benzene rings is 1. The fourth-order valence-electron chi connectivity index (χ4n) is 4.15. The smallest absolute Gasteiger partial charge is 0.319 e. The molecule has 4 amide bonds. The van der Waals surface area contributed by atoms with E-state index in [4.69, 9.17) is 4.42 Å². The molecule has 3 N–H and O–H groups in total. The van der Waals surface area contributed by atoms with E-state index in [1.165, 1.54) is 18.2 Å². The Morgan fingerprint density at radius 2 is 1.78 bits per heavy atom. The van der Waals surface area contributed by atoms with Gasteiger partial charge in [-0.05, 0) is 70.4 Å². The summed E-state index contributed by atoms with van der Waals surface area (Å²) in [5.41, 5.74) is -0.0646. The molecule has 0 bridgehead atoms. The zero-order valence-corrected chi connectivity index (χ0v) is 21.0. The van der Waals surface area contributed by atoms with Crippen LogP contribution in [0, 0.1) is 5.82 Å². The van der Waals surface area contributed by atoms with Crippen LogP contribution in [-0.2, 0) is 6.54 Å². The zero-order valence-electron chi connectivity index (χ0n) is 21.0. The Balaban J connectivity index is 1.26. The summed E-state index contributed by atoms with van der Waals surface area (Å²) >= 11 is 0. The maximum Gasteiger partial charge on any atom is 0.319 e. The zero-order chi connectivity index (χ0) is 25.9. The van der Waals surface area contributed by atoms with Gasteiger partial charge in [0.1, 0.15) is 11.6 Å². The number of carbonyl (C=O) groups is 3. The number of hydrogen-bond donors (Lipinski definition) is 3. The Morgan fingerprint density at radius 1 is 1.06 bits per heavy atom. The summed E-state index contributed by atoms with van der Waals surface area (Å²) in [5, 5.41) is 8.18.